The lowest BCUT2D eigenvalue weighted by Gasteiger charge is -2.28. The number of anilines is 1. The van der Waals surface area contributed by atoms with Gasteiger partial charge in [-0.2, -0.15) is 0 Å². The van der Waals surface area contributed by atoms with Crippen molar-refractivity contribution >= 4 is 40.7 Å². The standard InChI is InChI=1S/C35H35Cl2N3O4/c1-5-39(18-6-7-23-14-16-38-17-15-23)33(41)24-9-12-30(37)28(19-24)35(2)29-20-26(36)10-13-31(29)40(34(35)42)22-25-8-11-27(43-3)21-32(25)44-4/h8-17,19-21H,5-7,18,22H2,1-4H3. The van der Waals surface area contributed by atoms with E-state index in [1.165, 1.54) is 5.56 Å². The Hall–Kier alpha value is -4.07. The number of pyridine rings is 1. The third-order valence-corrected chi connectivity index (χ3v) is 8.91. The second-order valence-corrected chi connectivity index (χ2v) is 11.7. The van der Waals surface area contributed by atoms with Crippen LogP contribution in [-0.4, -0.2) is 49.0 Å². The Morgan fingerprint density at radius 2 is 1.73 bits per heavy atom. The molecule has 0 bridgehead atoms. The van der Waals surface area contributed by atoms with Crippen LogP contribution in [-0.2, 0) is 23.2 Å². The molecular weight excluding hydrogens is 597 g/mol. The highest BCUT2D eigenvalue weighted by atomic mass is 35.5. The van der Waals surface area contributed by atoms with Crippen molar-refractivity contribution in [3.8, 4) is 11.5 Å². The van der Waals surface area contributed by atoms with Gasteiger partial charge in [-0.15, -0.1) is 0 Å². The smallest absolute Gasteiger partial charge is 0.253 e. The van der Waals surface area contributed by atoms with E-state index in [2.05, 4.69) is 4.98 Å². The second-order valence-electron chi connectivity index (χ2n) is 10.9. The van der Waals surface area contributed by atoms with Gasteiger partial charge in [0.05, 0.1) is 20.8 Å². The number of aryl methyl sites for hydroxylation is 1. The summed E-state index contributed by atoms with van der Waals surface area (Å²) in [5.74, 6) is 0.974. The highest BCUT2D eigenvalue weighted by molar-refractivity contribution is 6.33. The molecule has 3 aromatic carbocycles. The molecule has 1 atom stereocenters. The van der Waals surface area contributed by atoms with Crippen LogP contribution in [0.2, 0.25) is 10.0 Å². The van der Waals surface area contributed by atoms with E-state index in [9.17, 15) is 9.59 Å². The number of fused-ring (bicyclic) bond motifs is 1. The molecule has 0 N–H and O–H groups in total. The molecule has 0 saturated heterocycles. The molecule has 4 aromatic rings. The minimum Gasteiger partial charge on any atom is -0.497 e. The highest BCUT2D eigenvalue weighted by Crippen LogP contribution is 2.49. The van der Waals surface area contributed by atoms with Gasteiger partial charge in [0.1, 0.15) is 16.9 Å². The van der Waals surface area contributed by atoms with Crippen molar-refractivity contribution in [1.29, 1.82) is 0 Å². The van der Waals surface area contributed by atoms with Crippen molar-refractivity contribution in [2.24, 2.45) is 0 Å². The molecule has 228 valence electrons. The average molecular weight is 633 g/mol. The summed E-state index contributed by atoms with van der Waals surface area (Å²) in [7, 11) is 3.18. The van der Waals surface area contributed by atoms with Crippen molar-refractivity contribution in [3.05, 3.63) is 117 Å². The van der Waals surface area contributed by atoms with E-state index in [4.69, 9.17) is 32.7 Å². The van der Waals surface area contributed by atoms with E-state index >= 15 is 0 Å². The van der Waals surface area contributed by atoms with Gasteiger partial charge in [-0.1, -0.05) is 23.2 Å². The Labute approximate surface area is 268 Å². The minimum atomic E-state index is -1.19. The molecule has 9 heteroatoms. The summed E-state index contributed by atoms with van der Waals surface area (Å²) in [5, 5.41) is 0.898. The summed E-state index contributed by atoms with van der Waals surface area (Å²) in [6.07, 6.45) is 5.21. The Kier molecular flexibility index (Phi) is 9.47. The second kappa shape index (κ2) is 13.3. The van der Waals surface area contributed by atoms with E-state index in [1.807, 2.05) is 55.1 Å². The summed E-state index contributed by atoms with van der Waals surface area (Å²) in [6.45, 7) is 5.22. The topological polar surface area (TPSA) is 72.0 Å². The first-order valence-corrected chi connectivity index (χ1v) is 15.3. The summed E-state index contributed by atoms with van der Waals surface area (Å²) >= 11 is 13.3. The summed E-state index contributed by atoms with van der Waals surface area (Å²) in [5.41, 5.74) is 3.27. The first kappa shape index (κ1) is 31.4. The molecule has 0 spiro atoms. The minimum absolute atomic E-state index is 0.111. The van der Waals surface area contributed by atoms with E-state index in [1.54, 1.807) is 61.8 Å². The lowest BCUT2D eigenvalue weighted by atomic mass is 9.76. The fourth-order valence-corrected chi connectivity index (χ4v) is 6.34. The number of rotatable bonds is 11. The summed E-state index contributed by atoms with van der Waals surface area (Å²) in [6, 6.07) is 20.1. The number of amides is 2. The predicted octanol–water partition coefficient (Wildman–Crippen LogP) is 7.35. The van der Waals surface area contributed by atoms with Gasteiger partial charge in [-0.3, -0.25) is 14.6 Å². The predicted molar refractivity (Wildman–Crippen MR) is 174 cm³/mol. The number of carbonyl (C=O) groups is 2. The van der Waals surface area contributed by atoms with Crippen molar-refractivity contribution < 1.29 is 19.1 Å². The molecule has 44 heavy (non-hydrogen) atoms. The van der Waals surface area contributed by atoms with Crippen molar-refractivity contribution in [3.63, 3.8) is 0 Å². The third-order valence-electron chi connectivity index (χ3n) is 8.35. The molecule has 1 aromatic heterocycles. The van der Waals surface area contributed by atoms with Crippen LogP contribution < -0.4 is 14.4 Å². The normalized spacial score (nSPS) is 15.7. The van der Waals surface area contributed by atoms with Gasteiger partial charge in [0.2, 0.25) is 5.91 Å². The molecule has 0 radical (unpaired) electrons. The van der Waals surface area contributed by atoms with Gasteiger partial charge < -0.3 is 19.3 Å². The van der Waals surface area contributed by atoms with E-state index in [0.717, 1.165) is 29.7 Å². The maximum Gasteiger partial charge on any atom is 0.253 e. The highest BCUT2D eigenvalue weighted by Gasteiger charge is 2.50. The van der Waals surface area contributed by atoms with Crippen LogP contribution in [0.1, 0.15) is 52.9 Å². The van der Waals surface area contributed by atoms with Gasteiger partial charge in [0.15, 0.2) is 0 Å². The van der Waals surface area contributed by atoms with Crippen molar-refractivity contribution in [2.75, 3.05) is 32.2 Å². The molecule has 0 saturated carbocycles. The molecule has 2 amide bonds. The van der Waals surface area contributed by atoms with E-state index in [-0.39, 0.29) is 18.4 Å². The molecule has 0 aliphatic carbocycles. The first-order valence-electron chi connectivity index (χ1n) is 14.5. The number of carbonyl (C=O) groups excluding carboxylic acids is 2. The van der Waals surface area contributed by atoms with E-state index < -0.39 is 5.41 Å². The van der Waals surface area contributed by atoms with Gasteiger partial charge in [-0.25, -0.2) is 0 Å². The number of aromatic nitrogens is 1. The molecule has 2 heterocycles. The molecular formula is C35H35Cl2N3O4. The van der Waals surface area contributed by atoms with Gasteiger partial charge in [0.25, 0.3) is 5.91 Å². The molecule has 1 unspecified atom stereocenters. The number of ether oxygens (including phenoxy) is 2. The quantitative estimate of drug-likeness (QED) is 0.173. The fraction of sp³-hybridized carbons (Fsp3) is 0.286. The maximum absolute atomic E-state index is 14.5. The number of hydrogen-bond acceptors (Lipinski definition) is 5. The Morgan fingerprint density at radius 3 is 2.43 bits per heavy atom. The van der Waals surface area contributed by atoms with Gasteiger partial charge >= 0.3 is 0 Å². The molecule has 7 nitrogen and oxygen atoms in total. The monoisotopic (exact) mass is 631 g/mol. The summed E-state index contributed by atoms with van der Waals surface area (Å²) < 4.78 is 11.0. The number of nitrogens with zero attached hydrogens (tertiary/aromatic N) is 3. The largest absolute Gasteiger partial charge is 0.497 e. The zero-order chi connectivity index (χ0) is 31.4. The first-order chi connectivity index (χ1) is 21.2. The maximum atomic E-state index is 14.5. The molecule has 0 fully saturated rings. The number of benzene rings is 3. The zero-order valence-electron chi connectivity index (χ0n) is 25.3. The van der Waals surface area contributed by atoms with Crippen LogP contribution in [0.5, 0.6) is 11.5 Å². The Morgan fingerprint density at radius 1 is 0.955 bits per heavy atom. The SMILES string of the molecule is CCN(CCCc1ccncc1)C(=O)c1ccc(Cl)c(C2(C)C(=O)N(Cc3ccc(OC)cc3OC)c3ccc(Cl)cc32)c1. The number of hydrogen-bond donors (Lipinski definition) is 0. The van der Waals surface area contributed by atoms with Crippen molar-refractivity contribution in [1.82, 2.24) is 9.88 Å². The van der Waals surface area contributed by atoms with Gasteiger partial charge in [-0.05, 0) is 104 Å². The van der Waals surface area contributed by atoms with Crippen LogP contribution >= 0.6 is 23.2 Å². The van der Waals surface area contributed by atoms with Crippen LogP contribution in [0.3, 0.4) is 0 Å². The third kappa shape index (κ3) is 5.99. The van der Waals surface area contributed by atoms with Crippen LogP contribution in [0.15, 0.2) is 79.1 Å². The fourth-order valence-electron chi connectivity index (χ4n) is 5.86. The van der Waals surface area contributed by atoms with Crippen LogP contribution in [0, 0.1) is 0 Å². The zero-order valence-corrected chi connectivity index (χ0v) is 26.8. The summed E-state index contributed by atoms with van der Waals surface area (Å²) in [4.78, 5) is 35.8. The average Bonchev–Trinajstić information content (AvgIpc) is 3.25. The van der Waals surface area contributed by atoms with Crippen molar-refractivity contribution in [2.45, 2.75) is 38.6 Å². The molecule has 5 rings (SSSR count). The lowest BCUT2D eigenvalue weighted by molar-refractivity contribution is -0.121. The number of halogens is 2. The lowest BCUT2D eigenvalue weighted by Crippen LogP contribution is -2.39. The van der Waals surface area contributed by atoms with Crippen LogP contribution in [0.25, 0.3) is 0 Å². The molecule has 1 aliphatic heterocycles. The van der Waals surface area contributed by atoms with E-state index in [0.29, 0.717) is 45.8 Å². The Bertz CT molecular complexity index is 1680. The Balaban J connectivity index is 1.47. The number of methoxy groups -OCH3 is 2. The molecule has 1 aliphatic rings. The van der Waals surface area contributed by atoms with Gasteiger partial charge in [0, 0.05) is 58.4 Å². The van der Waals surface area contributed by atoms with Crippen LogP contribution in [0.4, 0.5) is 5.69 Å².